The molecule has 0 bridgehead atoms. The molecule has 0 atom stereocenters. The van der Waals surface area contributed by atoms with Gasteiger partial charge in [-0.25, -0.2) is 4.98 Å². The Morgan fingerprint density at radius 3 is 2.92 bits per heavy atom. The molecule has 0 aliphatic rings. The van der Waals surface area contributed by atoms with Gasteiger partial charge in [0.15, 0.2) is 0 Å². The number of aryl methyl sites for hydroxylation is 1. The van der Waals surface area contributed by atoms with Gasteiger partial charge in [0.2, 0.25) is 0 Å². The minimum Gasteiger partial charge on any atom is -0.286 e. The maximum atomic E-state index is 6.07. The summed E-state index contributed by atoms with van der Waals surface area (Å²) in [5.41, 5.74) is 2.64. The second-order valence-electron chi connectivity index (χ2n) is 2.83. The fourth-order valence-corrected chi connectivity index (χ4v) is 1.79. The summed E-state index contributed by atoms with van der Waals surface area (Å²) in [6.45, 7) is 1.88. The van der Waals surface area contributed by atoms with Gasteiger partial charge in [-0.2, -0.15) is 0 Å². The van der Waals surface area contributed by atoms with Crippen LogP contribution in [0.2, 0.25) is 5.15 Å². The highest BCUT2D eigenvalue weighted by molar-refractivity contribution is 6.30. The van der Waals surface area contributed by atoms with Crippen molar-refractivity contribution in [2.45, 2.75) is 12.8 Å². The van der Waals surface area contributed by atoms with E-state index in [1.54, 1.807) is 0 Å². The number of imidazole rings is 1. The number of hydrogen-bond acceptors (Lipinski definition) is 1. The van der Waals surface area contributed by atoms with E-state index in [1.165, 1.54) is 0 Å². The van der Waals surface area contributed by atoms with Gasteiger partial charge in [0.1, 0.15) is 10.8 Å². The lowest BCUT2D eigenvalue weighted by atomic mass is 10.4. The summed E-state index contributed by atoms with van der Waals surface area (Å²) in [6, 6.07) is 5.78. The molecule has 68 valence electrons. The number of aromatic nitrogens is 2. The molecule has 0 aliphatic carbocycles. The van der Waals surface area contributed by atoms with E-state index in [1.807, 2.05) is 29.5 Å². The second kappa shape index (κ2) is 3.20. The molecule has 4 heteroatoms. The predicted octanol–water partition coefficient (Wildman–Crippen LogP) is 3.03. The van der Waals surface area contributed by atoms with Gasteiger partial charge in [-0.05, 0) is 19.1 Å². The third-order valence-electron chi connectivity index (χ3n) is 1.96. The van der Waals surface area contributed by atoms with Gasteiger partial charge < -0.3 is 0 Å². The number of alkyl halides is 1. The molecule has 0 spiro atoms. The van der Waals surface area contributed by atoms with Gasteiger partial charge in [-0.3, -0.25) is 4.40 Å². The van der Waals surface area contributed by atoms with Gasteiger partial charge in [0.25, 0.3) is 0 Å². The average Bonchev–Trinajstić information content (AvgIpc) is 2.43. The van der Waals surface area contributed by atoms with Crippen LogP contribution in [0.3, 0.4) is 0 Å². The summed E-state index contributed by atoms with van der Waals surface area (Å²) in [7, 11) is 0. The molecule has 2 heterocycles. The summed E-state index contributed by atoms with van der Waals surface area (Å²) in [5, 5.41) is 0.645. The third-order valence-corrected chi connectivity index (χ3v) is 2.68. The molecule has 0 amide bonds. The topological polar surface area (TPSA) is 17.3 Å². The zero-order valence-electron chi connectivity index (χ0n) is 7.09. The SMILES string of the molecule is Cc1nc2cccc(CCl)n2c1Cl. The third kappa shape index (κ3) is 1.30. The Hall–Kier alpha value is -0.730. The first-order valence-electron chi connectivity index (χ1n) is 3.92. The minimum atomic E-state index is 0.437. The quantitative estimate of drug-likeness (QED) is 0.668. The van der Waals surface area contributed by atoms with Crippen molar-refractivity contribution in [3.63, 3.8) is 0 Å². The molecule has 0 unspecified atom stereocenters. The van der Waals surface area contributed by atoms with Crippen molar-refractivity contribution in [2.75, 3.05) is 0 Å². The Morgan fingerprint density at radius 1 is 1.46 bits per heavy atom. The van der Waals surface area contributed by atoms with Crippen molar-refractivity contribution < 1.29 is 0 Å². The van der Waals surface area contributed by atoms with Gasteiger partial charge in [0, 0.05) is 5.69 Å². The number of halogens is 2. The van der Waals surface area contributed by atoms with Crippen LogP contribution in [0.15, 0.2) is 18.2 Å². The fraction of sp³-hybridized carbons (Fsp3) is 0.222. The monoisotopic (exact) mass is 214 g/mol. The molecule has 2 aromatic rings. The van der Waals surface area contributed by atoms with Crippen LogP contribution >= 0.6 is 23.2 Å². The Kier molecular flexibility index (Phi) is 2.18. The van der Waals surface area contributed by atoms with Gasteiger partial charge >= 0.3 is 0 Å². The Labute approximate surface area is 86.1 Å². The van der Waals surface area contributed by atoms with Crippen molar-refractivity contribution in [1.29, 1.82) is 0 Å². The van der Waals surface area contributed by atoms with Crippen molar-refractivity contribution >= 4 is 28.8 Å². The zero-order chi connectivity index (χ0) is 9.42. The number of nitrogens with zero attached hydrogens (tertiary/aromatic N) is 2. The van der Waals surface area contributed by atoms with Crippen LogP contribution in [-0.4, -0.2) is 9.38 Å². The summed E-state index contributed by atoms with van der Waals surface area (Å²) in [4.78, 5) is 4.29. The van der Waals surface area contributed by atoms with E-state index in [4.69, 9.17) is 23.2 Å². The van der Waals surface area contributed by atoms with Crippen LogP contribution in [0.25, 0.3) is 5.65 Å². The normalized spacial score (nSPS) is 11.0. The molecule has 2 aromatic heterocycles. The highest BCUT2D eigenvalue weighted by Crippen LogP contribution is 2.20. The van der Waals surface area contributed by atoms with Crippen molar-refractivity contribution in [2.24, 2.45) is 0 Å². The molecule has 0 N–H and O–H groups in total. The molecule has 2 rings (SSSR count). The highest BCUT2D eigenvalue weighted by Gasteiger charge is 2.08. The molecular formula is C9H8Cl2N2. The van der Waals surface area contributed by atoms with Gasteiger partial charge in [0.05, 0.1) is 11.6 Å². The Balaban J connectivity index is 2.87. The molecule has 0 fully saturated rings. The predicted molar refractivity (Wildman–Crippen MR) is 54.5 cm³/mol. The Morgan fingerprint density at radius 2 is 2.23 bits per heavy atom. The van der Waals surface area contributed by atoms with Crippen molar-refractivity contribution in [3.8, 4) is 0 Å². The van der Waals surface area contributed by atoms with Crippen LogP contribution in [0.4, 0.5) is 0 Å². The number of pyridine rings is 1. The van der Waals surface area contributed by atoms with E-state index in [9.17, 15) is 0 Å². The fourth-order valence-electron chi connectivity index (χ4n) is 1.34. The molecule has 0 saturated carbocycles. The maximum Gasteiger partial charge on any atom is 0.138 e. The summed E-state index contributed by atoms with van der Waals surface area (Å²) in [5.74, 6) is 0.437. The lowest BCUT2D eigenvalue weighted by molar-refractivity contribution is 1.07. The van der Waals surface area contributed by atoms with Crippen LogP contribution in [0, 0.1) is 6.92 Å². The lowest BCUT2D eigenvalue weighted by Crippen LogP contribution is -1.92. The first kappa shape index (κ1) is 8.85. The van der Waals surface area contributed by atoms with Gasteiger partial charge in [-0.1, -0.05) is 17.7 Å². The number of fused-ring (bicyclic) bond motifs is 1. The van der Waals surface area contributed by atoms with E-state index >= 15 is 0 Å². The summed E-state index contributed by atoms with van der Waals surface area (Å²) < 4.78 is 1.86. The molecule has 13 heavy (non-hydrogen) atoms. The van der Waals surface area contributed by atoms with E-state index in [2.05, 4.69) is 4.98 Å². The first-order valence-corrected chi connectivity index (χ1v) is 4.83. The molecule has 0 saturated heterocycles. The number of rotatable bonds is 1. The van der Waals surface area contributed by atoms with Crippen LogP contribution in [0.5, 0.6) is 0 Å². The average molecular weight is 215 g/mol. The van der Waals surface area contributed by atoms with E-state index in [0.717, 1.165) is 17.0 Å². The summed E-state index contributed by atoms with van der Waals surface area (Å²) >= 11 is 11.8. The van der Waals surface area contributed by atoms with E-state index in [0.29, 0.717) is 11.0 Å². The van der Waals surface area contributed by atoms with Gasteiger partial charge in [-0.15, -0.1) is 11.6 Å². The zero-order valence-corrected chi connectivity index (χ0v) is 8.60. The first-order chi connectivity index (χ1) is 6.24. The number of hydrogen-bond donors (Lipinski definition) is 0. The van der Waals surface area contributed by atoms with Crippen molar-refractivity contribution in [1.82, 2.24) is 9.38 Å². The second-order valence-corrected chi connectivity index (χ2v) is 3.46. The molecule has 0 aromatic carbocycles. The van der Waals surface area contributed by atoms with E-state index < -0.39 is 0 Å². The maximum absolute atomic E-state index is 6.07. The Bertz CT molecular complexity index is 448. The highest BCUT2D eigenvalue weighted by atomic mass is 35.5. The molecule has 0 radical (unpaired) electrons. The smallest absolute Gasteiger partial charge is 0.138 e. The van der Waals surface area contributed by atoms with E-state index in [-0.39, 0.29) is 0 Å². The van der Waals surface area contributed by atoms with Crippen LogP contribution < -0.4 is 0 Å². The molecule has 0 aliphatic heterocycles. The van der Waals surface area contributed by atoms with Crippen molar-refractivity contribution in [3.05, 3.63) is 34.7 Å². The summed E-state index contributed by atoms with van der Waals surface area (Å²) in [6.07, 6.45) is 0. The van der Waals surface area contributed by atoms with Crippen LogP contribution in [0.1, 0.15) is 11.4 Å². The largest absolute Gasteiger partial charge is 0.286 e. The molecule has 2 nitrogen and oxygen atoms in total. The van der Waals surface area contributed by atoms with Crippen LogP contribution in [-0.2, 0) is 5.88 Å². The lowest BCUT2D eigenvalue weighted by Gasteiger charge is -2.01. The molecular weight excluding hydrogens is 207 g/mol. The minimum absolute atomic E-state index is 0.437. The standard InChI is InChI=1S/C9H8Cl2N2/c1-6-9(11)13-7(5-10)3-2-4-8(13)12-6/h2-4H,5H2,1H3.